The molecule has 152 valence electrons. The number of rotatable bonds is 4. The smallest absolute Gasteiger partial charge is 0.220 e. The van der Waals surface area contributed by atoms with Gasteiger partial charge in [0.2, 0.25) is 5.95 Å². The number of hydrogen-bond acceptors (Lipinski definition) is 7. The second-order valence-electron chi connectivity index (χ2n) is 7.64. The molecule has 30 heavy (non-hydrogen) atoms. The first kappa shape index (κ1) is 18.7. The van der Waals surface area contributed by atoms with E-state index in [9.17, 15) is 0 Å². The fourth-order valence-corrected chi connectivity index (χ4v) is 4.07. The normalized spacial score (nSPS) is 15.8. The van der Waals surface area contributed by atoms with Gasteiger partial charge in [-0.25, -0.2) is 15.0 Å². The number of allylic oxidation sites excluding steroid dienone is 1. The van der Waals surface area contributed by atoms with Crippen molar-refractivity contribution in [2.45, 2.75) is 19.8 Å². The zero-order valence-corrected chi connectivity index (χ0v) is 17.1. The molecule has 0 saturated carbocycles. The van der Waals surface area contributed by atoms with E-state index in [1.165, 1.54) is 0 Å². The third kappa shape index (κ3) is 3.52. The highest BCUT2D eigenvalue weighted by molar-refractivity contribution is 5.84. The third-order valence-electron chi connectivity index (χ3n) is 5.72. The number of aryl methyl sites for hydroxylation is 1. The Hall–Kier alpha value is -3.32. The van der Waals surface area contributed by atoms with Crippen molar-refractivity contribution in [2.75, 3.05) is 36.8 Å². The summed E-state index contributed by atoms with van der Waals surface area (Å²) < 4.78 is 0. The molecule has 3 aromatic rings. The van der Waals surface area contributed by atoms with Crippen LogP contribution in [-0.2, 0) is 12.8 Å². The SMILES string of the molecule is CCc1cc(C2=CCc3ncc(-c4ccc(N5CCNCC5)nc4)cc32)nc(N)n1. The molecule has 0 atom stereocenters. The average molecular weight is 400 g/mol. The van der Waals surface area contributed by atoms with Crippen LogP contribution in [0.3, 0.4) is 0 Å². The van der Waals surface area contributed by atoms with E-state index < -0.39 is 0 Å². The third-order valence-corrected chi connectivity index (χ3v) is 5.72. The zero-order valence-electron chi connectivity index (χ0n) is 17.1. The maximum absolute atomic E-state index is 5.94. The van der Waals surface area contributed by atoms with E-state index in [4.69, 9.17) is 15.7 Å². The minimum absolute atomic E-state index is 0.315. The van der Waals surface area contributed by atoms with Gasteiger partial charge >= 0.3 is 0 Å². The van der Waals surface area contributed by atoms with Crippen LogP contribution in [-0.4, -0.2) is 46.1 Å². The minimum Gasteiger partial charge on any atom is -0.368 e. The van der Waals surface area contributed by atoms with Crippen LogP contribution in [0.4, 0.5) is 11.8 Å². The summed E-state index contributed by atoms with van der Waals surface area (Å²) in [4.78, 5) is 20.5. The van der Waals surface area contributed by atoms with Crippen molar-refractivity contribution in [3.8, 4) is 11.1 Å². The second-order valence-corrected chi connectivity index (χ2v) is 7.64. The molecule has 7 heteroatoms. The van der Waals surface area contributed by atoms with Gasteiger partial charge in [-0.2, -0.15) is 0 Å². The Kier molecular flexibility index (Phi) is 4.88. The van der Waals surface area contributed by atoms with Crippen LogP contribution in [0.1, 0.15) is 29.6 Å². The monoisotopic (exact) mass is 399 g/mol. The first-order valence-electron chi connectivity index (χ1n) is 10.5. The van der Waals surface area contributed by atoms with E-state index in [2.05, 4.69) is 51.4 Å². The minimum atomic E-state index is 0.315. The lowest BCUT2D eigenvalue weighted by atomic mass is 10.0. The lowest BCUT2D eigenvalue weighted by Gasteiger charge is -2.28. The Labute approximate surface area is 176 Å². The summed E-state index contributed by atoms with van der Waals surface area (Å²) in [6.45, 7) is 6.05. The Bertz CT molecular complexity index is 1100. The Balaban J connectivity index is 1.45. The number of nitrogens with one attached hydrogen (secondary N) is 1. The van der Waals surface area contributed by atoms with Crippen molar-refractivity contribution in [3.63, 3.8) is 0 Å². The summed E-state index contributed by atoms with van der Waals surface area (Å²) in [7, 11) is 0. The predicted octanol–water partition coefficient (Wildman–Crippen LogP) is 2.48. The van der Waals surface area contributed by atoms with Crippen LogP contribution >= 0.6 is 0 Å². The average Bonchev–Trinajstić information content (AvgIpc) is 3.23. The van der Waals surface area contributed by atoms with Gasteiger partial charge in [-0.1, -0.05) is 13.0 Å². The van der Waals surface area contributed by atoms with Gasteiger partial charge in [-0.05, 0) is 30.7 Å². The van der Waals surface area contributed by atoms with Crippen LogP contribution in [0.25, 0.3) is 16.7 Å². The van der Waals surface area contributed by atoms with E-state index in [1.54, 1.807) is 0 Å². The summed E-state index contributed by atoms with van der Waals surface area (Å²) in [5.41, 5.74) is 13.1. The molecule has 5 rings (SSSR count). The van der Waals surface area contributed by atoms with Crippen LogP contribution in [0.15, 0.2) is 42.7 Å². The number of pyridine rings is 2. The predicted molar refractivity (Wildman–Crippen MR) is 119 cm³/mol. The summed E-state index contributed by atoms with van der Waals surface area (Å²) in [5.74, 6) is 1.34. The van der Waals surface area contributed by atoms with Gasteiger partial charge in [-0.15, -0.1) is 0 Å². The van der Waals surface area contributed by atoms with Crippen molar-refractivity contribution in [1.29, 1.82) is 0 Å². The summed E-state index contributed by atoms with van der Waals surface area (Å²) in [5, 5.41) is 3.37. The second kappa shape index (κ2) is 7.84. The van der Waals surface area contributed by atoms with Gasteiger partial charge in [0.1, 0.15) is 5.82 Å². The molecule has 0 aromatic carbocycles. The van der Waals surface area contributed by atoms with Crippen LogP contribution < -0.4 is 16.0 Å². The Morgan fingerprint density at radius 1 is 1.03 bits per heavy atom. The zero-order chi connectivity index (χ0) is 20.5. The largest absolute Gasteiger partial charge is 0.368 e. The molecule has 1 fully saturated rings. The number of anilines is 2. The van der Waals surface area contributed by atoms with Gasteiger partial charge in [-0.3, -0.25) is 4.98 Å². The van der Waals surface area contributed by atoms with Crippen molar-refractivity contribution < 1.29 is 0 Å². The van der Waals surface area contributed by atoms with Gasteiger partial charge in [0.15, 0.2) is 0 Å². The fraction of sp³-hybridized carbons (Fsp3) is 0.304. The molecule has 2 aliphatic rings. The van der Waals surface area contributed by atoms with E-state index in [0.717, 1.165) is 84.2 Å². The van der Waals surface area contributed by atoms with Gasteiger partial charge in [0, 0.05) is 73.0 Å². The van der Waals surface area contributed by atoms with E-state index >= 15 is 0 Å². The van der Waals surface area contributed by atoms with Gasteiger partial charge in [0.05, 0.1) is 11.4 Å². The lowest BCUT2D eigenvalue weighted by Crippen LogP contribution is -2.43. The van der Waals surface area contributed by atoms with E-state index in [1.807, 2.05) is 18.5 Å². The molecule has 1 saturated heterocycles. The molecule has 0 radical (unpaired) electrons. The molecular weight excluding hydrogens is 374 g/mol. The highest BCUT2D eigenvalue weighted by Gasteiger charge is 2.20. The standard InChI is InChI=1S/C23H25N7/c1-2-17-12-21(29-23(24)28-17)18-4-5-20-19(18)11-16(14-26-20)15-3-6-22(27-13-15)30-9-7-25-8-10-30/h3-4,6,11-14,25H,2,5,7-10H2,1H3,(H2,24,28,29). The molecule has 1 aliphatic carbocycles. The van der Waals surface area contributed by atoms with Crippen molar-refractivity contribution >= 4 is 17.3 Å². The maximum atomic E-state index is 5.94. The van der Waals surface area contributed by atoms with E-state index in [0.29, 0.717) is 5.95 Å². The first-order valence-corrected chi connectivity index (χ1v) is 10.5. The molecule has 0 spiro atoms. The number of aromatic nitrogens is 4. The number of nitrogens with two attached hydrogens (primary N) is 1. The van der Waals surface area contributed by atoms with Gasteiger partial charge < -0.3 is 16.0 Å². The van der Waals surface area contributed by atoms with Crippen LogP contribution in [0, 0.1) is 0 Å². The van der Waals surface area contributed by atoms with E-state index in [-0.39, 0.29) is 0 Å². The molecule has 0 amide bonds. The van der Waals surface area contributed by atoms with Crippen molar-refractivity contribution in [1.82, 2.24) is 25.3 Å². The molecular formula is C23H25N7. The molecule has 3 aromatic heterocycles. The molecule has 4 heterocycles. The molecule has 7 nitrogen and oxygen atoms in total. The first-order chi connectivity index (χ1) is 14.7. The van der Waals surface area contributed by atoms with Crippen molar-refractivity contribution in [3.05, 3.63) is 65.4 Å². The maximum Gasteiger partial charge on any atom is 0.220 e. The Morgan fingerprint density at radius 2 is 1.87 bits per heavy atom. The number of fused-ring (bicyclic) bond motifs is 1. The number of nitrogens with zero attached hydrogens (tertiary/aromatic N) is 5. The summed E-state index contributed by atoms with van der Waals surface area (Å²) in [6, 6.07) is 8.44. The Morgan fingerprint density at radius 3 is 2.63 bits per heavy atom. The lowest BCUT2D eigenvalue weighted by molar-refractivity contribution is 0.585. The van der Waals surface area contributed by atoms with Crippen molar-refractivity contribution in [2.24, 2.45) is 0 Å². The number of hydrogen-bond donors (Lipinski definition) is 2. The quantitative estimate of drug-likeness (QED) is 0.696. The fourth-order valence-electron chi connectivity index (χ4n) is 4.07. The van der Waals surface area contributed by atoms with Crippen LogP contribution in [0.2, 0.25) is 0 Å². The molecule has 0 bridgehead atoms. The molecule has 0 unspecified atom stereocenters. The summed E-state index contributed by atoms with van der Waals surface area (Å²) >= 11 is 0. The number of nitrogen functional groups attached to an aromatic ring is 1. The van der Waals surface area contributed by atoms with Gasteiger partial charge in [0.25, 0.3) is 0 Å². The van der Waals surface area contributed by atoms with Crippen LogP contribution in [0.5, 0.6) is 0 Å². The highest BCUT2D eigenvalue weighted by atomic mass is 15.2. The molecule has 3 N–H and O–H groups in total. The molecule has 1 aliphatic heterocycles. The highest BCUT2D eigenvalue weighted by Crippen LogP contribution is 2.34. The summed E-state index contributed by atoms with van der Waals surface area (Å²) in [6.07, 6.45) is 7.67. The number of piperazine rings is 1. The topological polar surface area (TPSA) is 92.9 Å².